The molecule has 1 atom stereocenters. The third-order valence-electron chi connectivity index (χ3n) is 4.50. The average molecular weight is 341 g/mol. The van der Waals surface area contributed by atoms with E-state index in [0.29, 0.717) is 24.4 Å². The molecule has 0 aliphatic carbocycles. The quantitative estimate of drug-likeness (QED) is 0.248. The van der Waals surface area contributed by atoms with Crippen LogP contribution in [0.25, 0.3) is 0 Å². The molecule has 144 valence electrons. The molecule has 0 saturated carbocycles. The number of esters is 1. The molecule has 1 unspecified atom stereocenters. The summed E-state index contributed by atoms with van der Waals surface area (Å²) >= 11 is 0. The number of rotatable bonds is 14. The first-order valence-corrected chi connectivity index (χ1v) is 10.4. The summed E-state index contributed by atoms with van der Waals surface area (Å²) in [4.78, 5) is 11.7. The van der Waals surface area contributed by atoms with E-state index in [2.05, 4.69) is 41.5 Å². The second kappa shape index (κ2) is 13.7. The lowest BCUT2D eigenvalue weighted by molar-refractivity contribution is -0.144. The lowest BCUT2D eigenvalue weighted by atomic mass is 9.84. The van der Waals surface area contributed by atoms with E-state index < -0.39 is 0 Å². The molecule has 0 radical (unpaired) electrons. The molecule has 0 saturated heterocycles. The summed E-state index contributed by atoms with van der Waals surface area (Å²) in [6, 6.07) is 0. The Bertz CT molecular complexity index is 302. The average Bonchev–Trinajstić information content (AvgIpc) is 2.43. The van der Waals surface area contributed by atoms with Crippen LogP contribution in [0, 0.1) is 17.3 Å². The summed E-state index contributed by atoms with van der Waals surface area (Å²) in [6.45, 7) is 14.2. The highest BCUT2D eigenvalue weighted by molar-refractivity contribution is 5.69. The van der Waals surface area contributed by atoms with Gasteiger partial charge in [-0.3, -0.25) is 4.79 Å². The fourth-order valence-corrected chi connectivity index (χ4v) is 3.30. The fourth-order valence-electron chi connectivity index (χ4n) is 3.30. The van der Waals surface area contributed by atoms with E-state index in [1.807, 2.05) is 0 Å². The molecule has 0 heterocycles. The summed E-state index contributed by atoms with van der Waals surface area (Å²) in [7, 11) is 0. The highest BCUT2D eigenvalue weighted by atomic mass is 16.5. The third kappa shape index (κ3) is 17.8. The van der Waals surface area contributed by atoms with E-state index >= 15 is 0 Å². The molecule has 0 aliphatic heterocycles. The minimum Gasteiger partial charge on any atom is -0.466 e. The van der Waals surface area contributed by atoms with Crippen molar-refractivity contribution in [2.45, 2.75) is 112 Å². The van der Waals surface area contributed by atoms with Crippen molar-refractivity contribution >= 4 is 5.97 Å². The number of ether oxygens (including phenoxy) is 1. The van der Waals surface area contributed by atoms with Crippen molar-refractivity contribution in [3.05, 3.63) is 0 Å². The van der Waals surface area contributed by atoms with Crippen LogP contribution in [0.2, 0.25) is 0 Å². The Morgan fingerprint density at radius 3 is 1.92 bits per heavy atom. The molecule has 0 amide bonds. The van der Waals surface area contributed by atoms with E-state index in [1.54, 1.807) is 0 Å². The molecular weight excluding hydrogens is 296 g/mol. The van der Waals surface area contributed by atoms with Gasteiger partial charge >= 0.3 is 5.97 Å². The third-order valence-corrected chi connectivity index (χ3v) is 4.50. The molecule has 0 spiro atoms. The molecule has 0 N–H and O–H groups in total. The van der Waals surface area contributed by atoms with Crippen LogP contribution >= 0.6 is 0 Å². The Hall–Kier alpha value is -0.530. The molecule has 2 nitrogen and oxygen atoms in total. The minimum absolute atomic E-state index is 0.00473. The van der Waals surface area contributed by atoms with Gasteiger partial charge in [0.25, 0.3) is 0 Å². The molecule has 0 aromatic carbocycles. The van der Waals surface area contributed by atoms with Crippen LogP contribution in [0.1, 0.15) is 112 Å². The molecule has 0 rings (SSSR count). The number of carbonyl (C=O) groups excluding carboxylic acids is 1. The van der Waals surface area contributed by atoms with Crippen LogP contribution in [0.5, 0.6) is 0 Å². The van der Waals surface area contributed by atoms with Crippen LogP contribution in [0.3, 0.4) is 0 Å². The van der Waals surface area contributed by atoms with E-state index in [1.165, 1.54) is 51.4 Å². The SMILES string of the molecule is CC(C)CCCCCCCCCC(=O)OCCC(C)CC(C)(C)C. The van der Waals surface area contributed by atoms with Crippen LogP contribution in [-0.2, 0) is 9.53 Å². The van der Waals surface area contributed by atoms with Crippen molar-refractivity contribution in [2.24, 2.45) is 17.3 Å². The Kier molecular flexibility index (Phi) is 13.4. The van der Waals surface area contributed by atoms with Gasteiger partial charge in [-0.15, -0.1) is 0 Å². The van der Waals surface area contributed by atoms with Gasteiger partial charge in [-0.25, -0.2) is 0 Å². The Morgan fingerprint density at radius 1 is 0.833 bits per heavy atom. The lowest BCUT2D eigenvalue weighted by Crippen LogP contribution is -2.14. The first-order valence-electron chi connectivity index (χ1n) is 10.4. The summed E-state index contributed by atoms with van der Waals surface area (Å²) < 4.78 is 5.37. The number of hydrogen-bond acceptors (Lipinski definition) is 2. The Labute approximate surface area is 152 Å². The Balaban J connectivity index is 3.38. The van der Waals surface area contributed by atoms with Gasteiger partial charge in [-0.05, 0) is 36.5 Å². The van der Waals surface area contributed by atoms with Gasteiger partial charge in [0.05, 0.1) is 6.61 Å². The largest absolute Gasteiger partial charge is 0.466 e. The molecule has 2 heteroatoms. The maximum atomic E-state index is 11.7. The van der Waals surface area contributed by atoms with Gasteiger partial charge in [0.15, 0.2) is 0 Å². The van der Waals surface area contributed by atoms with E-state index in [-0.39, 0.29) is 5.97 Å². The second-order valence-electron chi connectivity index (χ2n) is 9.29. The van der Waals surface area contributed by atoms with Gasteiger partial charge in [0.1, 0.15) is 0 Å². The monoisotopic (exact) mass is 340 g/mol. The minimum atomic E-state index is -0.00473. The van der Waals surface area contributed by atoms with E-state index in [0.717, 1.165) is 18.8 Å². The highest BCUT2D eigenvalue weighted by Gasteiger charge is 2.15. The Morgan fingerprint density at radius 2 is 1.38 bits per heavy atom. The zero-order valence-corrected chi connectivity index (χ0v) is 17.5. The zero-order chi connectivity index (χ0) is 18.4. The van der Waals surface area contributed by atoms with Gasteiger partial charge < -0.3 is 4.74 Å². The molecule has 0 bridgehead atoms. The van der Waals surface area contributed by atoms with Crippen molar-refractivity contribution in [3.8, 4) is 0 Å². The fraction of sp³-hybridized carbons (Fsp3) is 0.955. The molecule has 0 aromatic rings. The summed E-state index contributed by atoms with van der Waals surface area (Å²) in [5, 5.41) is 0. The summed E-state index contributed by atoms with van der Waals surface area (Å²) in [6.07, 6.45) is 13.0. The number of carbonyl (C=O) groups is 1. The van der Waals surface area contributed by atoms with Crippen molar-refractivity contribution < 1.29 is 9.53 Å². The maximum Gasteiger partial charge on any atom is 0.305 e. The normalized spacial score (nSPS) is 13.3. The first-order chi connectivity index (χ1) is 11.2. The highest BCUT2D eigenvalue weighted by Crippen LogP contribution is 2.25. The molecule has 24 heavy (non-hydrogen) atoms. The van der Waals surface area contributed by atoms with Gasteiger partial charge in [-0.1, -0.05) is 86.5 Å². The second-order valence-corrected chi connectivity index (χ2v) is 9.29. The first kappa shape index (κ1) is 23.5. The van der Waals surface area contributed by atoms with Crippen molar-refractivity contribution in [3.63, 3.8) is 0 Å². The summed E-state index contributed by atoms with van der Waals surface area (Å²) in [5.41, 5.74) is 0.359. The number of hydrogen-bond donors (Lipinski definition) is 0. The van der Waals surface area contributed by atoms with Crippen LogP contribution in [0.15, 0.2) is 0 Å². The van der Waals surface area contributed by atoms with Crippen LogP contribution in [0.4, 0.5) is 0 Å². The maximum absolute atomic E-state index is 11.7. The lowest BCUT2D eigenvalue weighted by Gasteiger charge is -2.22. The van der Waals surface area contributed by atoms with Gasteiger partial charge in [-0.2, -0.15) is 0 Å². The molecule has 0 aromatic heterocycles. The van der Waals surface area contributed by atoms with E-state index in [4.69, 9.17) is 4.74 Å². The van der Waals surface area contributed by atoms with Crippen LogP contribution < -0.4 is 0 Å². The predicted octanol–water partition coefficient (Wildman–Crippen LogP) is 7.16. The summed E-state index contributed by atoms with van der Waals surface area (Å²) in [5.74, 6) is 1.45. The molecular formula is C22H44O2. The topological polar surface area (TPSA) is 26.3 Å². The standard InChI is InChI=1S/C22H44O2/c1-19(2)14-12-10-8-7-9-11-13-15-21(23)24-17-16-20(3)18-22(4,5)6/h19-20H,7-18H2,1-6H3. The van der Waals surface area contributed by atoms with Gasteiger partial charge in [0, 0.05) is 6.42 Å². The molecule has 0 aliphatic rings. The smallest absolute Gasteiger partial charge is 0.305 e. The molecule has 0 fully saturated rings. The van der Waals surface area contributed by atoms with Crippen molar-refractivity contribution in [1.82, 2.24) is 0 Å². The number of unbranched alkanes of at least 4 members (excludes halogenated alkanes) is 6. The van der Waals surface area contributed by atoms with Gasteiger partial charge in [0.2, 0.25) is 0 Å². The zero-order valence-electron chi connectivity index (χ0n) is 17.5. The van der Waals surface area contributed by atoms with Crippen LogP contribution in [-0.4, -0.2) is 12.6 Å². The van der Waals surface area contributed by atoms with E-state index in [9.17, 15) is 4.79 Å². The van der Waals surface area contributed by atoms with Crippen molar-refractivity contribution in [2.75, 3.05) is 6.61 Å². The predicted molar refractivity (Wildman–Crippen MR) is 105 cm³/mol. The van der Waals surface area contributed by atoms with Crippen molar-refractivity contribution in [1.29, 1.82) is 0 Å².